The molecule has 1 atom stereocenters. The zero-order valence-corrected chi connectivity index (χ0v) is 8.05. The van der Waals surface area contributed by atoms with Crippen molar-refractivity contribution in [1.82, 2.24) is 0 Å². The fourth-order valence-corrected chi connectivity index (χ4v) is 2.42. The second kappa shape index (κ2) is 3.15. The predicted molar refractivity (Wildman–Crippen MR) is 33.3 cm³/mol. The summed E-state index contributed by atoms with van der Waals surface area (Å²) in [6, 6.07) is 0. The van der Waals surface area contributed by atoms with Crippen LogP contribution < -0.4 is 26.9 Å². The van der Waals surface area contributed by atoms with E-state index in [9.17, 15) is 4.79 Å². The number of halogens is 1. The van der Waals surface area contributed by atoms with Crippen LogP contribution in [0.25, 0.3) is 0 Å². The molecule has 0 amide bonds. The van der Waals surface area contributed by atoms with Gasteiger partial charge in [-0.25, -0.2) is 0 Å². The van der Waals surface area contributed by atoms with Crippen LogP contribution in [-0.4, -0.2) is 27.5 Å². The van der Waals surface area contributed by atoms with Crippen LogP contribution in [0.15, 0.2) is 0 Å². The van der Waals surface area contributed by atoms with Gasteiger partial charge in [-0.15, -0.1) is 0 Å². The summed E-state index contributed by atoms with van der Waals surface area (Å²) in [5.41, 5.74) is 5.16. The minimum atomic E-state index is -0.609. The molecule has 60 valence electrons. The van der Waals surface area contributed by atoms with Gasteiger partial charge in [0.1, 0.15) is 0 Å². The summed E-state index contributed by atoms with van der Waals surface area (Å²) in [5.74, 6) is 0. The van der Waals surface area contributed by atoms with Gasteiger partial charge >= 0.3 is 70.4 Å². The first kappa shape index (κ1) is 8.42. The fourth-order valence-electron chi connectivity index (χ4n) is 0.924. The monoisotopic (exact) mass is 256 g/mol. The second-order valence-electron chi connectivity index (χ2n) is 2.42. The Morgan fingerprint density at radius 1 is 1.80 bits per heavy atom. The van der Waals surface area contributed by atoms with Gasteiger partial charge in [0.25, 0.3) is 0 Å². The summed E-state index contributed by atoms with van der Waals surface area (Å²) in [5, 5.41) is 0. The third-order valence-corrected chi connectivity index (χ3v) is 3.67. The molecule has 3 nitrogen and oxygen atoms in total. The van der Waals surface area contributed by atoms with Crippen molar-refractivity contribution in [3.05, 3.63) is 0 Å². The molecule has 10 heavy (non-hydrogen) atoms. The van der Waals surface area contributed by atoms with Crippen molar-refractivity contribution < 1.29 is 30.7 Å². The number of hydrogen-bond donors (Lipinski definition) is 1. The molecule has 1 fully saturated rings. The van der Waals surface area contributed by atoms with Crippen LogP contribution in [0.5, 0.6) is 0 Å². The van der Waals surface area contributed by atoms with Crippen molar-refractivity contribution in [1.29, 1.82) is 0 Å². The Labute approximate surface area is 70.6 Å². The molecule has 0 saturated carbocycles. The molecule has 2 N–H and O–H groups in total. The molecule has 0 aromatic heterocycles. The first-order valence-corrected chi connectivity index (χ1v) is 6.33. The molecule has 0 radical (unpaired) electrons. The van der Waals surface area contributed by atoms with Crippen LogP contribution in [0, 0.1) is 0 Å². The van der Waals surface area contributed by atoms with E-state index in [0.29, 0.717) is 19.6 Å². The van der Waals surface area contributed by atoms with Crippen LogP contribution >= 0.6 is 0 Å². The van der Waals surface area contributed by atoms with E-state index >= 15 is 0 Å². The molecule has 4 heteroatoms. The molecule has 1 aliphatic rings. The number of rotatable bonds is 2. The quantitative estimate of drug-likeness (QED) is 0.315. The van der Waals surface area contributed by atoms with Crippen molar-refractivity contribution in [2.24, 2.45) is 5.73 Å². The second-order valence-corrected chi connectivity index (χ2v) is 4.48. The van der Waals surface area contributed by atoms with Crippen LogP contribution in [0.2, 0.25) is 0 Å². The van der Waals surface area contributed by atoms with Gasteiger partial charge in [-0.05, 0) is 0 Å². The van der Waals surface area contributed by atoms with Gasteiger partial charge in [-0.1, -0.05) is 0 Å². The first-order chi connectivity index (χ1) is 4.69. The van der Waals surface area contributed by atoms with Crippen molar-refractivity contribution in [2.45, 2.75) is 12.0 Å². The first-order valence-electron chi connectivity index (χ1n) is 3.09. The standard InChI is InChI=1S/C6H11INO2/c1-7-5(9)6(8)2-3-10-4-6/h2-4,8H2,1H3/q-1. The molecule has 1 heterocycles. The Bertz CT molecular complexity index is 143. The minimum absolute atomic E-state index is 0.226. The predicted octanol–water partition coefficient (Wildman–Crippen LogP) is -3.65. The summed E-state index contributed by atoms with van der Waals surface area (Å²) in [6.45, 7) is 1.07. The van der Waals surface area contributed by atoms with Gasteiger partial charge in [0.15, 0.2) is 0 Å². The van der Waals surface area contributed by atoms with E-state index in [4.69, 9.17) is 10.5 Å². The normalized spacial score (nSPS) is 33.0. The van der Waals surface area contributed by atoms with E-state index in [1.807, 2.05) is 4.93 Å². The molecule has 1 saturated heterocycles. The van der Waals surface area contributed by atoms with E-state index in [2.05, 4.69) is 0 Å². The Hall–Kier alpha value is 0.320. The van der Waals surface area contributed by atoms with Crippen molar-refractivity contribution in [2.75, 3.05) is 18.1 Å². The van der Waals surface area contributed by atoms with Crippen molar-refractivity contribution in [3.63, 3.8) is 0 Å². The number of nitrogens with two attached hydrogens (primary N) is 1. The average Bonchev–Trinajstić information content (AvgIpc) is 2.36. The molecule has 0 aromatic rings. The molecule has 0 spiro atoms. The zero-order chi connectivity index (χ0) is 7.61. The van der Waals surface area contributed by atoms with Crippen LogP contribution in [0.1, 0.15) is 6.42 Å². The van der Waals surface area contributed by atoms with E-state index in [-0.39, 0.29) is 25.0 Å². The van der Waals surface area contributed by atoms with Gasteiger partial charge < -0.3 is 0 Å². The van der Waals surface area contributed by atoms with Gasteiger partial charge in [0, 0.05) is 0 Å². The van der Waals surface area contributed by atoms with E-state index in [0.717, 1.165) is 0 Å². The molecule has 1 aliphatic heterocycles. The maximum absolute atomic E-state index is 11.2. The van der Waals surface area contributed by atoms with Gasteiger partial charge in [-0.2, -0.15) is 0 Å². The van der Waals surface area contributed by atoms with Crippen LogP contribution in [-0.2, 0) is 9.53 Å². The fraction of sp³-hybridized carbons (Fsp3) is 0.833. The van der Waals surface area contributed by atoms with E-state index in [1.54, 1.807) is 0 Å². The summed E-state index contributed by atoms with van der Waals surface area (Å²) in [4.78, 5) is 13.1. The summed E-state index contributed by atoms with van der Waals surface area (Å²) in [6.07, 6.45) is 0.708. The van der Waals surface area contributed by atoms with Crippen molar-refractivity contribution in [3.8, 4) is 0 Å². The molecule has 0 bridgehead atoms. The SMILES string of the molecule is C[I-]C(=O)C1(N)CCOC1. The number of hydrogen-bond acceptors (Lipinski definition) is 3. The Balaban J connectivity index is 2.58. The molecular formula is C6H11INO2-. The summed E-state index contributed by atoms with van der Waals surface area (Å²) in [7, 11) is 0. The topological polar surface area (TPSA) is 52.3 Å². The maximum atomic E-state index is 11.2. The third-order valence-electron chi connectivity index (χ3n) is 1.62. The number of ether oxygens (including phenoxy) is 1. The molecular weight excluding hydrogens is 245 g/mol. The van der Waals surface area contributed by atoms with Crippen molar-refractivity contribution >= 4 is 3.79 Å². The van der Waals surface area contributed by atoms with E-state index in [1.165, 1.54) is 0 Å². The molecule has 0 aliphatic carbocycles. The number of alkyl halides is 1. The summed E-state index contributed by atoms with van der Waals surface area (Å²) < 4.78 is 5.28. The summed E-state index contributed by atoms with van der Waals surface area (Å²) >= 11 is -0.362. The van der Waals surface area contributed by atoms with Gasteiger partial charge in [-0.3, -0.25) is 0 Å². The Morgan fingerprint density at radius 2 is 2.50 bits per heavy atom. The Morgan fingerprint density at radius 3 is 2.90 bits per heavy atom. The average molecular weight is 256 g/mol. The van der Waals surface area contributed by atoms with Gasteiger partial charge in [0.05, 0.1) is 0 Å². The Kier molecular flexibility index (Phi) is 2.65. The molecule has 1 unspecified atom stereocenters. The zero-order valence-electron chi connectivity index (χ0n) is 5.89. The number of carbonyl (C=O) groups excluding carboxylic acids is 1. The van der Waals surface area contributed by atoms with Crippen LogP contribution in [0.4, 0.5) is 0 Å². The molecule has 1 rings (SSSR count). The third kappa shape index (κ3) is 1.49. The van der Waals surface area contributed by atoms with E-state index < -0.39 is 5.54 Å². The number of carbonyl (C=O) groups is 1. The van der Waals surface area contributed by atoms with Crippen LogP contribution in [0.3, 0.4) is 0 Å². The van der Waals surface area contributed by atoms with Gasteiger partial charge in [0.2, 0.25) is 0 Å². The molecule has 0 aromatic carbocycles.